The number of ether oxygens (including phenoxy) is 1. The second-order valence-corrected chi connectivity index (χ2v) is 8.00. The molecule has 1 saturated heterocycles. The summed E-state index contributed by atoms with van der Waals surface area (Å²) in [6, 6.07) is 13.7. The molecule has 6 nitrogen and oxygen atoms in total. The van der Waals surface area contributed by atoms with Crippen molar-refractivity contribution >= 4 is 34.0 Å². The summed E-state index contributed by atoms with van der Waals surface area (Å²) in [6.07, 6.45) is 3.45. The normalized spacial score (nSPS) is 13.5. The molecule has 30 heavy (non-hydrogen) atoms. The molecule has 1 aliphatic rings. The molecule has 1 aromatic heterocycles. The molecule has 8 heteroatoms. The van der Waals surface area contributed by atoms with E-state index >= 15 is 0 Å². The van der Waals surface area contributed by atoms with Crippen molar-refractivity contribution in [2.45, 2.75) is 19.3 Å². The Morgan fingerprint density at radius 2 is 2.10 bits per heavy atom. The lowest BCUT2D eigenvalue weighted by molar-refractivity contribution is -0.118. The molecule has 0 radical (unpaired) electrons. The van der Waals surface area contributed by atoms with Gasteiger partial charge in [0.15, 0.2) is 11.7 Å². The first-order valence-corrected chi connectivity index (χ1v) is 10.4. The number of carbonyl (C=O) groups is 2. The second-order valence-electron chi connectivity index (χ2n) is 6.88. The molecule has 0 atom stereocenters. The van der Waals surface area contributed by atoms with Crippen molar-refractivity contribution in [1.82, 2.24) is 4.98 Å². The van der Waals surface area contributed by atoms with E-state index < -0.39 is 0 Å². The van der Waals surface area contributed by atoms with Crippen LogP contribution < -0.4 is 15.0 Å². The van der Waals surface area contributed by atoms with Gasteiger partial charge >= 0.3 is 0 Å². The van der Waals surface area contributed by atoms with Crippen LogP contribution in [0.1, 0.15) is 23.3 Å². The zero-order chi connectivity index (χ0) is 20.9. The molecule has 0 aliphatic carbocycles. The standard InChI is InChI=1S/C22H20FN3O3S/c23-19-8-2-1-5-15(19)11-18-13-24-22(30-18)25-20(27)14-29-17-7-3-6-16(12-17)26-10-4-9-21(26)28/h1-3,5-8,12-13H,4,9-11,14H2,(H,24,25,27). The maximum Gasteiger partial charge on any atom is 0.264 e. The number of nitrogens with one attached hydrogen (secondary N) is 1. The topological polar surface area (TPSA) is 71.5 Å². The minimum Gasteiger partial charge on any atom is -0.484 e. The monoisotopic (exact) mass is 425 g/mol. The van der Waals surface area contributed by atoms with Crippen molar-refractivity contribution in [2.75, 3.05) is 23.4 Å². The third kappa shape index (κ3) is 4.83. The van der Waals surface area contributed by atoms with E-state index in [0.29, 0.717) is 35.8 Å². The second kappa shape index (κ2) is 9.04. The van der Waals surface area contributed by atoms with Gasteiger partial charge in [-0.05, 0) is 30.2 Å². The smallest absolute Gasteiger partial charge is 0.264 e. The highest BCUT2D eigenvalue weighted by molar-refractivity contribution is 7.15. The summed E-state index contributed by atoms with van der Waals surface area (Å²) in [5, 5.41) is 3.13. The first kappa shape index (κ1) is 20.0. The Labute approximate surface area is 177 Å². The van der Waals surface area contributed by atoms with Crippen molar-refractivity contribution < 1.29 is 18.7 Å². The number of nitrogens with zero attached hydrogens (tertiary/aromatic N) is 2. The van der Waals surface area contributed by atoms with Crippen LogP contribution in [-0.4, -0.2) is 29.9 Å². The molecule has 2 amide bonds. The number of rotatable bonds is 7. The molecule has 1 aliphatic heterocycles. The van der Waals surface area contributed by atoms with Gasteiger partial charge in [0.25, 0.3) is 5.91 Å². The molecule has 1 fully saturated rings. The summed E-state index contributed by atoms with van der Waals surface area (Å²) in [5.74, 6) is 0.00812. The number of aromatic nitrogens is 1. The van der Waals surface area contributed by atoms with Gasteiger partial charge in [-0.1, -0.05) is 24.3 Å². The molecule has 0 saturated carbocycles. The molecule has 2 heterocycles. The fourth-order valence-electron chi connectivity index (χ4n) is 3.24. The summed E-state index contributed by atoms with van der Waals surface area (Å²) in [7, 11) is 0. The Morgan fingerprint density at radius 1 is 1.23 bits per heavy atom. The quantitative estimate of drug-likeness (QED) is 0.621. The van der Waals surface area contributed by atoms with Crippen molar-refractivity contribution in [1.29, 1.82) is 0 Å². The molecule has 1 N–H and O–H groups in total. The van der Waals surface area contributed by atoms with Crippen LogP contribution in [0.3, 0.4) is 0 Å². The first-order valence-electron chi connectivity index (χ1n) is 9.60. The van der Waals surface area contributed by atoms with Gasteiger partial charge in [0.05, 0.1) is 0 Å². The van der Waals surface area contributed by atoms with Gasteiger partial charge in [-0.25, -0.2) is 9.37 Å². The molecule has 2 aromatic carbocycles. The average molecular weight is 425 g/mol. The fourth-order valence-corrected chi connectivity index (χ4v) is 4.09. The summed E-state index contributed by atoms with van der Waals surface area (Å²) in [6.45, 7) is 0.516. The number of thiazole rings is 1. The number of carbonyl (C=O) groups excluding carboxylic acids is 2. The lowest BCUT2D eigenvalue weighted by atomic mass is 10.1. The Balaban J connectivity index is 1.31. The van der Waals surface area contributed by atoms with E-state index in [4.69, 9.17) is 4.74 Å². The van der Waals surface area contributed by atoms with Crippen LogP contribution in [0, 0.1) is 5.82 Å². The van der Waals surface area contributed by atoms with Crippen LogP contribution in [0.2, 0.25) is 0 Å². The summed E-state index contributed by atoms with van der Waals surface area (Å²) in [4.78, 5) is 30.8. The number of amides is 2. The molecule has 0 unspecified atom stereocenters. The van der Waals surface area contributed by atoms with E-state index in [9.17, 15) is 14.0 Å². The SMILES string of the molecule is O=C(COc1cccc(N2CCCC2=O)c1)Nc1ncc(Cc2ccccc2F)s1. The fraction of sp³-hybridized carbons (Fsp3) is 0.227. The molecule has 0 spiro atoms. The van der Waals surface area contributed by atoms with Gasteiger partial charge in [0, 0.05) is 42.2 Å². The van der Waals surface area contributed by atoms with Gasteiger partial charge in [-0.3, -0.25) is 14.9 Å². The van der Waals surface area contributed by atoms with Gasteiger partial charge in [0.2, 0.25) is 5.91 Å². The van der Waals surface area contributed by atoms with Crippen LogP contribution in [-0.2, 0) is 16.0 Å². The summed E-state index contributed by atoms with van der Waals surface area (Å²) < 4.78 is 19.3. The van der Waals surface area contributed by atoms with E-state index in [1.807, 2.05) is 6.07 Å². The summed E-state index contributed by atoms with van der Waals surface area (Å²) >= 11 is 1.30. The van der Waals surface area contributed by atoms with Crippen LogP contribution in [0.25, 0.3) is 0 Å². The van der Waals surface area contributed by atoms with E-state index in [-0.39, 0.29) is 24.2 Å². The van der Waals surface area contributed by atoms with Crippen molar-refractivity contribution in [3.8, 4) is 5.75 Å². The zero-order valence-electron chi connectivity index (χ0n) is 16.1. The number of benzene rings is 2. The molecule has 0 bridgehead atoms. The minimum atomic E-state index is -0.343. The van der Waals surface area contributed by atoms with Crippen molar-refractivity contribution in [3.05, 3.63) is 71.0 Å². The average Bonchev–Trinajstić information content (AvgIpc) is 3.37. The lowest BCUT2D eigenvalue weighted by Gasteiger charge is -2.16. The Kier molecular flexibility index (Phi) is 6.04. The highest BCUT2D eigenvalue weighted by atomic mass is 32.1. The Morgan fingerprint density at radius 3 is 2.90 bits per heavy atom. The number of hydrogen-bond acceptors (Lipinski definition) is 5. The van der Waals surface area contributed by atoms with E-state index in [2.05, 4.69) is 10.3 Å². The van der Waals surface area contributed by atoms with Gasteiger partial charge < -0.3 is 9.64 Å². The Bertz CT molecular complexity index is 1070. The molecule has 3 aromatic rings. The minimum absolute atomic E-state index is 0.0971. The maximum absolute atomic E-state index is 13.8. The third-order valence-electron chi connectivity index (χ3n) is 4.70. The summed E-state index contributed by atoms with van der Waals surface area (Å²) in [5.41, 5.74) is 1.35. The van der Waals surface area contributed by atoms with E-state index in [1.165, 1.54) is 17.4 Å². The van der Waals surface area contributed by atoms with Gasteiger partial charge in [0.1, 0.15) is 11.6 Å². The predicted molar refractivity (Wildman–Crippen MR) is 113 cm³/mol. The highest BCUT2D eigenvalue weighted by Gasteiger charge is 2.21. The van der Waals surface area contributed by atoms with E-state index in [0.717, 1.165) is 17.0 Å². The number of hydrogen-bond donors (Lipinski definition) is 1. The number of halogens is 1. The third-order valence-corrected chi connectivity index (χ3v) is 5.61. The van der Waals surface area contributed by atoms with Crippen LogP contribution in [0.15, 0.2) is 54.7 Å². The maximum atomic E-state index is 13.8. The zero-order valence-corrected chi connectivity index (χ0v) is 17.0. The largest absolute Gasteiger partial charge is 0.484 e. The van der Waals surface area contributed by atoms with E-state index in [1.54, 1.807) is 47.5 Å². The van der Waals surface area contributed by atoms with Crippen LogP contribution in [0.4, 0.5) is 15.2 Å². The van der Waals surface area contributed by atoms with Crippen LogP contribution in [0.5, 0.6) is 5.75 Å². The Hall–Kier alpha value is -3.26. The predicted octanol–water partition coefficient (Wildman–Crippen LogP) is 4.02. The van der Waals surface area contributed by atoms with Crippen molar-refractivity contribution in [2.24, 2.45) is 0 Å². The number of anilines is 2. The highest BCUT2D eigenvalue weighted by Crippen LogP contribution is 2.26. The van der Waals surface area contributed by atoms with Crippen LogP contribution >= 0.6 is 11.3 Å². The lowest BCUT2D eigenvalue weighted by Crippen LogP contribution is -2.24. The molecule has 154 valence electrons. The van der Waals surface area contributed by atoms with Gasteiger partial charge in [-0.15, -0.1) is 11.3 Å². The van der Waals surface area contributed by atoms with Crippen molar-refractivity contribution in [3.63, 3.8) is 0 Å². The molecular weight excluding hydrogens is 405 g/mol. The van der Waals surface area contributed by atoms with Gasteiger partial charge in [-0.2, -0.15) is 0 Å². The first-order chi connectivity index (χ1) is 14.6. The molecule has 4 rings (SSSR count). The molecular formula is C22H20FN3O3S.